The molecule has 6 nitrogen and oxygen atoms in total. The second kappa shape index (κ2) is 7.50. The lowest BCUT2D eigenvalue weighted by Gasteiger charge is -2.06. The molecule has 0 radical (unpaired) electrons. The first kappa shape index (κ1) is 14.2. The van der Waals surface area contributed by atoms with Crippen LogP contribution in [-0.2, 0) is 16.0 Å². The van der Waals surface area contributed by atoms with Gasteiger partial charge in [0.25, 0.3) is 0 Å². The molecule has 0 fully saturated rings. The van der Waals surface area contributed by atoms with Crippen LogP contribution in [0, 0.1) is 0 Å². The fourth-order valence-corrected chi connectivity index (χ4v) is 1.24. The number of methoxy groups -OCH3 is 1. The zero-order valence-electron chi connectivity index (χ0n) is 9.81. The highest BCUT2D eigenvalue weighted by Crippen LogP contribution is 2.03. The normalized spacial score (nSPS) is 9.67. The molecule has 0 atom stereocenters. The zero-order valence-corrected chi connectivity index (χ0v) is 10.6. The molecule has 0 bridgehead atoms. The molecule has 0 saturated carbocycles. The Bertz CT molecular complexity index is 425. The van der Waals surface area contributed by atoms with E-state index in [-0.39, 0.29) is 19.0 Å². The van der Waals surface area contributed by atoms with Crippen LogP contribution in [-0.4, -0.2) is 36.6 Å². The number of halogens is 1. The van der Waals surface area contributed by atoms with E-state index in [0.29, 0.717) is 11.3 Å². The number of hydrogen-bond acceptors (Lipinski definition) is 5. The average Bonchev–Trinajstić information content (AvgIpc) is 2.42. The number of esters is 1. The van der Waals surface area contributed by atoms with Gasteiger partial charge < -0.3 is 14.8 Å². The maximum Gasteiger partial charge on any atom is 0.407 e. The van der Waals surface area contributed by atoms with Crippen molar-refractivity contribution in [1.29, 1.82) is 0 Å². The van der Waals surface area contributed by atoms with Crippen LogP contribution >= 0.6 is 11.6 Å². The standard InChI is InChI=1S/C11H13ClN2O4/c1-17-10(15)8-2-4-13-9(6-8)7-14-11(16)18-5-3-12/h2,4,6H,3,5,7H2,1H3,(H,14,16). The predicted molar refractivity (Wildman–Crippen MR) is 64.5 cm³/mol. The van der Waals surface area contributed by atoms with Crippen LogP contribution in [0.2, 0.25) is 0 Å². The predicted octanol–water partition coefficient (Wildman–Crippen LogP) is 1.33. The van der Waals surface area contributed by atoms with Crippen LogP contribution in [0.1, 0.15) is 16.1 Å². The van der Waals surface area contributed by atoms with Gasteiger partial charge >= 0.3 is 12.1 Å². The number of alkyl carbamates (subject to hydrolysis) is 1. The first-order valence-corrected chi connectivity index (χ1v) is 5.70. The van der Waals surface area contributed by atoms with E-state index >= 15 is 0 Å². The molecule has 0 aromatic carbocycles. The molecule has 18 heavy (non-hydrogen) atoms. The summed E-state index contributed by atoms with van der Waals surface area (Å²) in [6.07, 6.45) is 0.883. The highest BCUT2D eigenvalue weighted by atomic mass is 35.5. The van der Waals surface area contributed by atoms with Crippen LogP contribution in [0.15, 0.2) is 18.3 Å². The third-order valence-electron chi connectivity index (χ3n) is 1.96. The van der Waals surface area contributed by atoms with Crippen LogP contribution in [0.4, 0.5) is 4.79 Å². The molecule has 0 unspecified atom stereocenters. The van der Waals surface area contributed by atoms with E-state index in [1.54, 1.807) is 0 Å². The minimum atomic E-state index is -0.582. The Hall–Kier alpha value is -1.82. The quantitative estimate of drug-likeness (QED) is 0.646. The molecule has 1 aromatic rings. The second-order valence-corrected chi connectivity index (χ2v) is 3.58. The summed E-state index contributed by atoms with van der Waals surface area (Å²) >= 11 is 5.37. The van der Waals surface area contributed by atoms with E-state index in [1.807, 2.05) is 0 Å². The number of carbonyl (C=O) groups is 2. The Morgan fingerprint density at radius 1 is 1.50 bits per heavy atom. The molecule has 1 amide bonds. The van der Waals surface area contributed by atoms with Crippen LogP contribution in [0.3, 0.4) is 0 Å². The third kappa shape index (κ3) is 4.58. The largest absolute Gasteiger partial charge is 0.465 e. The molecule has 7 heteroatoms. The monoisotopic (exact) mass is 272 g/mol. The van der Waals surface area contributed by atoms with Crippen molar-refractivity contribution >= 4 is 23.7 Å². The maximum absolute atomic E-state index is 11.3. The highest BCUT2D eigenvalue weighted by molar-refractivity contribution is 6.18. The third-order valence-corrected chi connectivity index (χ3v) is 2.12. The van der Waals surface area contributed by atoms with Crippen molar-refractivity contribution in [2.24, 2.45) is 0 Å². The summed E-state index contributed by atoms with van der Waals surface area (Å²) in [5, 5.41) is 2.48. The number of hydrogen-bond donors (Lipinski definition) is 1. The highest BCUT2D eigenvalue weighted by Gasteiger charge is 2.07. The van der Waals surface area contributed by atoms with Crippen molar-refractivity contribution in [3.8, 4) is 0 Å². The molecule has 1 aromatic heterocycles. The van der Waals surface area contributed by atoms with Gasteiger partial charge in [0, 0.05) is 6.20 Å². The summed E-state index contributed by atoms with van der Waals surface area (Å²) in [4.78, 5) is 26.4. The fourth-order valence-electron chi connectivity index (χ4n) is 1.16. The summed E-state index contributed by atoms with van der Waals surface area (Å²) in [5.74, 6) is -0.216. The number of nitrogens with one attached hydrogen (secondary N) is 1. The van der Waals surface area contributed by atoms with Crippen LogP contribution < -0.4 is 5.32 Å². The molecule has 0 aliphatic heterocycles. The van der Waals surface area contributed by atoms with Gasteiger partial charge in [-0.2, -0.15) is 0 Å². The number of ether oxygens (including phenoxy) is 2. The molecular formula is C11H13ClN2O4. The summed E-state index contributed by atoms with van der Waals surface area (Å²) in [6.45, 7) is 0.301. The zero-order chi connectivity index (χ0) is 13.4. The number of aromatic nitrogens is 1. The Morgan fingerprint density at radius 3 is 2.94 bits per heavy atom. The fraction of sp³-hybridized carbons (Fsp3) is 0.364. The Labute approximate surface area is 109 Å². The lowest BCUT2D eigenvalue weighted by Crippen LogP contribution is -2.25. The molecule has 0 aliphatic carbocycles. The summed E-state index contributed by atoms with van der Waals surface area (Å²) in [6, 6.07) is 3.06. The number of rotatable bonds is 5. The van der Waals surface area contributed by atoms with E-state index in [2.05, 4.69) is 15.0 Å². The van der Waals surface area contributed by atoms with Gasteiger partial charge in [-0.15, -0.1) is 11.6 Å². The van der Waals surface area contributed by atoms with Gasteiger partial charge in [-0.1, -0.05) is 0 Å². The summed E-state index contributed by atoms with van der Waals surface area (Å²) in [5.41, 5.74) is 0.902. The van der Waals surface area contributed by atoms with Crippen molar-refractivity contribution in [1.82, 2.24) is 10.3 Å². The number of pyridine rings is 1. The van der Waals surface area contributed by atoms with Gasteiger partial charge in [0.1, 0.15) is 6.61 Å². The topological polar surface area (TPSA) is 77.5 Å². The molecule has 1 rings (SSSR count). The van der Waals surface area contributed by atoms with E-state index in [1.165, 1.54) is 25.4 Å². The first-order chi connectivity index (χ1) is 8.67. The van der Waals surface area contributed by atoms with Gasteiger partial charge in [-0.05, 0) is 12.1 Å². The lowest BCUT2D eigenvalue weighted by molar-refractivity contribution is 0.0600. The minimum Gasteiger partial charge on any atom is -0.465 e. The maximum atomic E-state index is 11.3. The number of alkyl halides is 1. The summed E-state index contributed by atoms with van der Waals surface area (Å²) < 4.78 is 9.29. The van der Waals surface area contributed by atoms with Crippen molar-refractivity contribution < 1.29 is 19.1 Å². The Kier molecular flexibility index (Phi) is 5.93. The van der Waals surface area contributed by atoms with Gasteiger partial charge in [0.15, 0.2) is 0 Å². The van der Waals surface area contributed by atoms with Gasteiger partial charge in [-0.3, -0.25) is 4.98 Å². The average molecular weight is 273 g/mol. The molecule has 0 spiro atoms. The number of nitrogens with zero attached hydrogens (tertiary/aromatic N) is 1. The summed E-state index contributed by atoms with van der Waals surface area (Å²) in [7, 11) is 1.30. The van der Waals surface area contributed by atoms with E-state index < -0.39 is 12.1 Å². The SMILES string of the molecule is COC(=O)c1ccnc(CNC(=O)OCCCl)c1. The number of amides is 1. The lowest BCUT2D eigenvalue weighted by atomic mass is 10.2. The molecule has 0 aliphatic rings. The van der Waals surface area contributed by atoms with E-state index in [0.717, 1.165) is 0 Å². The van der Waals surface area contributed by atoms with Gasteiger partial charge in [-0.25, -0.2) is 9.59 Å². The minimum absolute atomic E-state index is 0.142. The van der Waals surface area contributed by atoms with Crippen LogP contribution in [0.5, 0.6) is 0 Å². The van der Waals surface area contributed by atoms with Crippen LogP contribution in [0.25, 0.3) is 0 Å². The van der Waals surface area contributed by atoms with E-state index in [4.69, 9.17) is 16.3 Å². The van der Waals surface area contributed by atoms with Crippen molar-refractivity contribution in [2.45, 2.75) is 6.54 Å². The van der Waals surface area contributed by atoms with Crippen molar-refractivity contribution in [3.05, 3.63) is 29.6 Å². The smallest absolute Gasteiger partial charge is 0.407 e. The van der Waals surface area contributed by atoms with Crippen molar-refractivity contribution in [3.63, 3.8) is 0 Å². The van der Waals surface area contributed by atoms with E-state index in [9.17, 15) is 9.59 Å². The van der Waals surface area contributed by atoms with Crippen molar-refractivity contribution in [2.75, 3.05) is 19.6 Å². The molecule has 1 heterocycles. The molecular weight excluding hydrogens is 260 g/mol. The Balaban J connectivity index is 2.52. The molecule has 1 N–H and O–H groups in total. The first-order valence-electron chi connectivity index (χ1n) is 5.17. The van der Waals surface area contributed by atoms with Gasteiger partial charge in [0.2, 0.25) is 0 Å². The van der Waals surface area contributed by atoms with Gasteiger partial charge in [0.05, 0.1) is 30.8 Å². The molecule has 0 saturated heterocycles. The Morgan fingerprint density at radius 2 is 2.28 bits per heavy atom. The number of carbonyl (C=O) groups excluding carboxylic acids is 2. The molecule has 98 valence electrons. The second-order valence-electron chi connectivity index (χ2n) is 3.21.